The van der Waals surface area contributed by atoms with Crippen LogP contribution in [0.5, 0.6) is 5.75 Å². The fraction of sp³-hybridized carbons (Fsp3) is 0.250. The Kier molecular flexibility index (Phi) is 5.02. The SMILES string of the molecule is CC(C)(C)c1ccc(OCn2ccc(C(=O)Nc3ccncc3)n2)cc1. The standard InChI is InChI=1S/C20H22N4O2/c1-20(2,3)15-4-6-17(7-5-15)26-14-24-13-10-18(23-24)19(25)22-16-8-11-21-12-9-16/h4-13H,14H2,1-3H3,(H,21,22,25). The number of nitrogens with zero attached hydrogens (tertiary/aromatic N) is 3. The van der Waals surface area contributed by atoms with E-state index >= 15 is 0 Å². The molecule has 134 valence electrons. The molecule has 0 radical (unpaired) electrons. The van der Waals surface area contributed by atoms with Crippen molar-refractivity contribution in [2.24, 2.45) is 0 Å². The smallest absolute Gasteiger partial charge is 0.276 e. The highest BCUT2D eigenvalue weighted by Gasteiger charge is 2.13. The number of pyridine rings is 1. The first kappa shape index (κ1) is 17.7. The molecule has 1 aromatic carbocycles. The first-order valence-corrected chi connectivity index (χ1v) is 8.40. The maximum Gasteiger partial charge on any atom is 0.276 e. The fourth-order valence-corrected chi connectivity index (χ4v) is 2.38. The zero-order chi connectivity index (χ0) is 18.6. The topological polar surface area (TPSA) is 69.0 Å². The second-order valence-electron chi connectivity index (χ2n) is 6.98. The molecule has 6 nitrogen and oxygen atoms in total. The summed E-state index contributed by atoms with van der Waals surface area (Å²) in [6.07, 6.45) is 4.95. The van der Waals surface area contributed by atoms with Gasteiger partial charge in [-0.3, -0.25) is 9.78 Å². The number of hydrogen-bond donors (Lipinski definition) is 1. The molecular weight excluding hydrogens is 328 g/mol. The average Bonchev–Trinajstić information content (AvgIpc) is 3.10. The Balaban J connectivity index is 1.57. The van der Waals surface area contributed by atoms with Crippen LogP contribution in [0.15, 0.2) is 61.1 Å². The summed E-state index contributed by atoms with van der Waals surface area (Å²) in [5, 5.41) is 7.01. The lowest BCUT2D eigenvalue weighted by Crippen LogP contribution is -2.14. The molecule has 6 heteroatoms. The van der Waals surface area contributed by atoms with Gasteiger partial charge in [0.05, 0.1) is 0 Å². The number of carbonyl (C=O) groups is 1. The second-order valence-corrected chi connectivity index (χ2v) is 6.98. The maximum atomic E-state index is 12.2. The van der Waals surface area contributed by atoms with E-state index in [9.17, 15) is 4.79 Å². The van der Waals surface area contributed by atoms with E-state index in [1.54, 1.807) is 41.5 Å². The van der Waals surface area contributed by atoms with Gasteiger partial charge in [0.15, 0.2) is 12.4 Å². The highest BCUT2D eigenvalue weighted by atomic mass is 16.5. The minimum Gasteiger partial charge on any atom is -0.471 e. The number of rotatable bonds is 5. The quantitative estimate of drug-likeness (QED) is 0.758. The third-order valence-electron chi connectivity index (χ3n) is 3.90. The van der Waals surface area contributed by atoms with Crippen LogP contribution in [0.1, 0.15) is 36.8 Å². The first-order chi connectivity index (χ1) is 12.4. The second kappa shape index (κ2) is 7.39. The molecule has 1 N–H and O–H groups in total. The number of carbonyl (C=O) groups excluding carboxylic acids is 1. The average molecular weight is 350 g/mol. The molecule has 0 aliphatic heterocycles. The van der Waals surface area contributed by atoms with Crippen LogP contribution in [0.2, 0.25) is 0 Å². The highest BCUT2D eigenvalue weighted by Crippen LogP contribution is 2.24. The normalized spacial score (nSPS) is 11.2. The molecule has 0 spiro atoms. The predicted molar refractivity (Wildman–Crippen MR) is 100 cm³/mol. The van der Waals surface area contributed by atoms with E-state index in [0.29, 0.717) is 11.4 Å². The summed E-state index contributed by atoms with van der Waals surface area (Å²) in [7, 11) is 0. The molecule has 0 saturated carbocycles. The minimum atomic E-state index is -0.274. The van der Waals surface area contributed by atoms with E-state index < -0.39 is 0 Å². The Morgan fingerprint density at radius 1 is 1.08 bits per heavy atom. The molecule has 1 amide bonds. The number of nitrogens with one attached hydrogen (secondary N) is 1. The molecule has 0 aliphatic carbocycles. The zero-order valence-electron chi connectivity index (χ0n) is 15.1. The van der Waals surface area contributed by atoms with Crippen LogP contribution in [0.3, 0.4) is 0 Å². The number of benzene rings is 1. The van der Waals surface area contributed by atoms with Gasteiger partial charge in [-0.2, -0.15) is 5.10 Å². The van der Waals surface area contributed by atoms with Crippen LogP contribution in [-0.2, 0) is 12.1 Å². The third kappa shape index (κ3) is 4.47. The van der Waals surface area contributed by atoms with Gasteiger partial charge in [0.1, 0.15) is 5.75 Å². The van der Waals surface area contributed by atoms with E-state index in [-0.39, 0.29) is 18.1 Å². The lowest BCUT2D eigenvalue weighted by atomic mass is 9.87. The van der Waals surface area contributed by atoms with Crippen LogP contribution >= 0.6 is 0 Å². The molecular formula is C20H22N4O2. The summed E-state index contributed by atoms with van der Waals surface area (Å²) in [5.41, 5.74) is 2.36. The molecule has 2 heterocycles. The van der Waals surface area contributed by atoms with Crippen molar-refractivity contribution >= 4 is 11.6 Å². The number of ether oxygens (including phenoxy) is 1. The number of aromatic nitrogens is 3. The van der Waals surface area contributed by atoms with E-state index in [1.165, 1.54) is 5.56 Å². The van der Waals surface area contributed by atoms with Gasteiger partial charge in [0.25, 0.3) is 5.91 Å². The summed E-state index contributed by atoms with van der Waals surface area (Å²) in [6.45, 7) is 6.75. The molecule has 3 aromatic rings. The zero-order valence-corrected chi connectivity index (χ0v) is 15.1. The molecule has 2 aromatic heterocycles. The number of anilines is 1. The van der Waals surface area contributed by atoms with Gasteiger partial charge >= 0.3 is 0 Å². The van der Waals surface area contributed by atoms with Gasteiger partial charge in [0.2, 0.25) is 0 Å². The van der Waals surface area contributed by atoms with Crippen molar-refractivity contribution in [2.45, 2.75) is 32.9 Å². The van der Waals surface area contributed by atoms with Crippen LogP contribution in [0.25, 0.3) is 0 Å². The van der Waals surface area contributed by atoms with Crippen LogP contribution < -0.4 is 10.1 Å². The Morgan fingerprint density at radius 3 is 2.42 bits per heavy atom. The maximum absolute atomic E-state index is 12.2. The van der Waals surface area contributed by atoms with Gasteiger partial charge in [-0.15, -0.1) is 0 Å². The summed E-state index contributed by atoms with van der Waals surface area (Å²) >= 11 is 0. The highest BCUT2D eigenvalue weighted by molar-refractivity contribution is 6.02. The van der Waals surface area contributed by atoms with Gasteiger partial charge < -0.3 is 10.1 Å². The van der Waals surface area contributed by atoms with E-state index in [2.05, 4.69) is 48.3 Å². The lowest BCUT2D eigenvalue weighted by Gasteiger charge is -2.19. The molecule has 3 rings (SSSR count). The fourth-order valence-electron chi connectivity index (χ4n) is 2.38. The molecule has 0 fully saturated rings. The summed E-state index contributed by atoms with van der Waals surface area (Å²) < 4.78 is 7.31. The van der Waals surface area contributed by atoms with Crippen LogP contribution in [-0.4, -0.2) is 20.7 Å². The number of hydrogen-bond acceptors (Lipinski definition) is 4. The Hall–Kier alpha value is -3.15. The molecule has 0 saturated heterocycles. The van der Waals surface area contributed by atoms with Gasteiger partial charge in [-0.05, 0) is 41.3 Å². The Labute approximate surface area is 152 Å². The van der Waals surface area contributed by atoms with Gasteiger partial charge in [-0.25, -0.2) is 4.68 Å². The summed E-state index contributed by atoms with van der Waals surface area (Å²) in [4.78, 5) is 16.1. The van der Waals surface area contributed by atoms with Crippen molar-refractivity contribution < 1.29 is 9.53 Å². The predicted octanol–water partition coefficient (Wildman–Crippen LogP) is 3.86. The van der Waals surface area contributed by atoms with Gasteiger partial charge in [-0.1, -0.05) is 32.9 Å². The third-order valence-corrected chi connectivity index (χ3v) is 3.90. The summed E-state index contributed by atoms with van der Waals surface area (Å²) in [5.74, 6) is 0.487. The van der Waals surface area contributed by atoms with Crippen molar-refractivity contribution in [1.29, 1.82) is 0 Å². The largest absolute Gasteiger partial charge is 0.471 e. The molecule has 0 unspecified atom stereocenters. The molecule has 0 aliphatic rings. The van der Waals surface area contributed by atoms with Crippen molar-refractivity contribution in [3.63, 3.8) is 0 Å². The van der Waals surface area contributed by atoms with Crippen molar-refractivity contribution in [2.75, 3.05) is 5.32 Å². The first-order valence-electron chi connectivity index (χ1n) is 8.40. The van der Waals surface area contributed by atoms with Crippen molar-refractivity contribution in [3.05, 3.63) is 72.3 Å². The Morgan fingerprint density at radius 2 is 1.77 bits per heavy atom. The van der Waals surface area contributed by atoms with E-state index in [1.807, 2.05) is 12.1 Å². The molecule has 0 bridgehead atoms. The molecule has 0 atom stereocenters. The summed E-state index contributed by atoms with van der Waals surface area (Å²) in [6, 6.07) is 13.1. The van der Waals surface area contributed by atoms with E-state index in [0.717, 1.165) is 5.75 Å². The van der Waals surface area contributed by atoms with Gasteiger partial charge in [0, 0.05) is 24.3 Å². The van der Waals surface area contributed by atoms with E-state index in [4.69, 9.17) is 4.74 Å². The minimum absolute atomic E-state index is 0.109. The lowest BCUT2D eigenvalue weighted by molar-refractivity contribution is 0.102. The van der Waals surface area contributed by atoms with Crippen LogP contribution in [0, 0.1) is 0 Å². The monoisotopic (exact) mass is 350 g/mol. The van der Waals surface area contributed by atoms with Crippen LogP contribution in [0.4, 0.5) is 5.69 Å². The molecule has 26 heavy (non-hydrogen) atoms. The number of amides is 1. The van der Waals surface area contributed by atoms with Crippen molar-refractivity contribution in [3.8, 4) is 5.75 Å². The van der Waals surface area contributed by atoms with Crippen molar-refractivity contribution in [1.82, 2.24) is 14.8 Å². The Bertz CT molecular complexity index is 865.